The zero-order valence-electron chi connectivity index (χ0n) is 20.0. The Balaban J connectivity index is 1.57. The zero-order chi connectivity index (χ0) is 23.7. The van der Waals surface area contributed by atoms with Gasteiger partial charge in [0.05, 0.1) is 13.7 Å². The first-order valence-electron chi connectivity index (χ1n) is 12.4. The van der Waals surface area contributed by atoms with E-state index in [1.54, 1.807) is 12.0 Å². The Hall–Kier alpha value is -3.28. The number of para-hydroxylation sites is 1. The van der Waals surface area contributed by atoms with Crippen LogP contribution >= 0.6 is 0 Å². The van der Waals surface area contributed by atoms with E-state index in [1.165, 1.54) is 19.3 Å². The van der Waals surface area contributed by atoms with E-state index in [-0.39, 0.29) is 17.9 Å². The standard InChI is InChI=1S/C28H33N3O3/c1-28(27(33)29-21-12-6-4-3-5-7-13-21)19-30-24-16-9-8-11-20(24)17-25(30)26(32)31(28)22-14-10-15-23(18-22)34-2/h8-11,14-18,21H,3-7,12-13,19H2,1-2H3,(H,29,33)/t28-/m1/s1. The summed E-state index contributed by atoms with van der Waals surface area (Å²) in [5.41, 5.74) is 1.15. The molecule has 34 heavy (non-hydrogen) atoms. The summed E-state index contributed by atoms with van der Waals surface area (Å²) in [6.07, 6.45) is 7.96. The number of hydrogen-bond donors (Lipinski definition) is 1. The third-order valence-electron chi connectivity index (χ3n) is 7.43. The second kappa shape index (κ2) is 9.16. The summed E-state index contributed by atoms with van der Waals surface area (Å²) in [6, 6.07) is 17.5. The molecule has 178 valence electrons. The second-order valence-electron chi connectivity index (χ2n) is 9.81. The maximum absolute atomic E-state index is 14.0. The van der Waals surface area contributed by atoms with E-state index in [9.17, 15) is 9.59 Å². The minimum absolute atomic E-state index is 0.0994. The quantitative estimate of drug-likeness (QED) is 0.576. The second-order valence-corrected chi connectivity index (χ2v) is 9.81. The van der Waals surface area contributed by atoms with Gasteiger partial charge in [0.1, 0.15) is 17.0 Å². The summed E-state index contributed by atoms with van der Waals surface area (Å²) in [6.45, 7) is 2.28. The number of hydrogen-bond acceptors (Lipinski definition) is 3. The summed E-state index contributed by atoms with van der Waals surface area (Å²) in [4.78, 5) is 29.6. The van der Waals surface area contributed by atoms with Crippen LogP contribution in [0, 0.1) is 0 Å². The highest BCUT2D eigenvalue weighted by Gasteiger charge is 2.49. The lowest BCUT2D eigenvalue weighted by molar-refractivity contribution is -0.127. The molecule has 1 atom stereocenters. The van der Waals surface area contributed by atoms with E-state index in [0.29, 0.717) is 23.7 Å². The van der Waals surface area contributed by atoms with Crippen LogP contribution in [0.3, 0.4) is 0 Å². The lowest BCUT2D eigenvalue weighted by Gasteiger charge is -2.44. The number of aromatic nitrogens is 1. The molecule has 0 bridgehead atoms. The van der Waals surface area contributed by atoms with Gasteiger partial charge in [-0.2, -0.15) is 0 Å². The van der Waals surface area contributed by atoms with Crippen LogP contribution in [-0.4, -0.2) is 35.1 Å². The number of benzene rings is 2. The van der Waals surface area contributed by atoms with Gasteiger partial charge in [-0.1, -0.05) is 56.4 Å². The van der Waals surface area contributed by atoms with Crippen LogP contribution in [0.2, 0.25) is 0 Å². The SMILES string of the molecule is COc1cccc(N2C(=O)c3cc4ccccc4n3C[C@]2(C)C(=O)NC2CCCCCCC2)c1. The third-order valence-corrected chi connectivity index (χ3v) is 7.43. The Morgan fingerprint density at radius 1 is 1.00 bits per heavy atom. The van der Waals surface area contributed by atoms with Crippen molar-refractivity contribution in [2.45, 2.75) is 70.0 Å². The molecule has 1 aliphatic heterocycles. The van der Waals surface area contributed by atoms with Gasteiger partial charge < -0.3 is 14.6 Å². The molecule has 0 saturated heterocycles. The van der Waals surface area contributed by atoms with Gasteiger partial charge in [-0.15, -0.1) is 0 Å². The van der Waals surface area contributed by atoms with Crippen molar-refractivity contribution in [2.24, 2.45) is 0 Å². The van der Waals surface area contributed by atoms with Gasteiger partial charge in [-0.3, -0.25) is 14.5 Å². The van der Waals surface area contributed by atoms with Crippen molar-refractivity contribution >= 4 is 28.4 Å². The maximum atomic E-state index is 14.0. The van der Waals surface area contributed by atoms with E-state index in [1.807, 2.05) is 66.1 Å². The average Bonchev–Trinajstić information content (AvgIpc) is 3.19. The minimum atomic E-state index is -1.08. The highest BCUT2D eigenvalue weighted by atomic mass is 16.5. The van der Waals surface area contributed by atoms with Crippen LogP contribution < -0.4 is 15.0 Å². The zero-order valence-corrected chi connectivity index (χ0v) is 20.0. The maximum Gasteiger partial charge on any atom is 0.275 e. The predicted octanol–water partition coefficient (Wildman–Crippen LogP) is 5.30. The van der Waals surface area contributed by atoms with Crippen molar-refractivity contribution in [3.8, 4) is 5.75 Å². The summed E-state index contributed by atoms with van der Waals surface area (Å²) in [7, 11) is 1.61. The topological polar surface area (TPSA) is 63.6 Å². The van der Waals surface area contributed by atoms with Crippen molar-refractivity contribution in [2.75, 3.05) is 12.0 Å². The highest BCUT2D eigenvalue weighted by Crippen LogP contribution is 2.37. The highest BCUT2D eigenvalue weighted by molar-refractivity contribution is 6.14. The number of ether oxygens (including phenoxy) is 1. The molecule has 1 fully saturated rings. The van der Waals surface area contributed by atoms with Gasteiger partial charge in [0, 0.05) is 28.7 Å². The lowest BCUT2D eigenvalue weighted by Crippen LogP contribution is -2.65. The fourth-order valence-corrected chi connectivity index (χ4v) is 5.54. The Kier molecular flexibility index (Phi) is 6.07. The minimum Gasteiger partial charge on any atom is -0.497 e. The predicted molar refractivity (Wildman–Crippen MR) is 134 cm³/mol. The van der Waals surface area contributed by atoms with Crippen LogP contribution in [0.4, 0.5) is 5.69 Å². The third kappa shape index (κ3) is 3.95. The largest absolute Gasteiger partial charge is 0.497 e. The Bertz CT molecular complexity index is 1210. The molecule has 2 heterocycles. The Labute approximate surface area is 200 Å². The first-order chi connectivity index (χ1) is 16.5. The molecule has 0 unspecified atom stereocenters. The van der Waals surface area contributed by atoms with E-state index in [0.717, 1.165) is 36.6 Å². The molecule has 2 aromatic carbocycles. The van der Waals surface area contributed by atoms with E-state index < -0.39 is 5.54 Å². The molecule has 2 aliphatic rings. The molecule has 2 amide bonds. The molecule has 1 N–H and O–H groups in total. The fraction of sp³-hybridized carbons (Fsp3) is 0.429. The van der Waals surface area contributed by atoms with Gasteiger partial charge >= 0.3 is 0 Å². The smallest absolute Gasteiger partial charge is 0.275 e. The first kappa shape index (κ1) is 22.5. The van der Waals surface area contributed by atoms with E-state index >= 15 is 0 Å². The van der Waals surface area contributed by atoms with E-state index in [2.05, 4.69) is 5.32 Å². The molecule has 6 heteroatoms. The number of fused-ring (bicyclic) bond motifs is 3. The van der Waals surface area contributed by atoms with Crippen molar-refractivity contribution in [3.63, 3.8) is 0 Å². The number of methoxy groups -OCH3 is 1. The van der Waals surface area contributed by atoms with Crippen LogP contribution in [0.1, 0.15) is 62.4 Å². The molecular weight excluding hydrogens is 426 g/mol. The molecule has 3 aromatic rings. The molecule has 6 nitrogen and oxygen atoms in total. The van der Waals surface area contributed by atoms with Crippen molar-refractivity contribution < 1.29 is 14.3 Å². The molecule has 1 saturated carbocycles. The van der Waals surface area contributed by atoms with Crippen LogP contribution in [0.5, 0.6) is 5.75 Å². The molecule has 1 aromatic heterocycles. The normalized spacial score (nSPS) is 21.6. The van der Waals surface area contributed by atoms with Crippen LogP contribution in [-0.2, 0) is 11.3 Å². The van der Waals surface area contributed by atoms with Gasteiger partial charge in [-0.25, -0.2) is 0 Å². The average molecular weight is 460 g/mol. The lowest BCUT2D eigenvalue weighted by atomic mass is 9.91. The van der Waals surface area contributed by atoms with Crippen molar-refractivity contribution in [1.29, 1.82) is 0 Å². The van der Waals surface area contributed by atoms with Crippen LogP contribution in [0.25, 0.3) is 10.9 Å². The van der Waals surface area contributed by atoms with Gasteiger partial charge in [0.2, 0.25) is 5.91 Å². The summed E-state index contributed by atoms with van der Waals surface area (Å²) < 4.78 is 7.44. The van der Waals surface area contributed by atoms with E-state index in [4.69, 9.17) is 4.74 Å². The number of rotatable bonds is 4. The number of carbonyl (C=O) groups is 2. The number of nitrogens with one attached hydrogen (secondary N) is 1. The molecule has 0 spiro atoms. The Morgan fingerprint density at radius 2 is 1.74 bits per heavy atom. The summed E-state index contributed by atoms with van der Waals surface area (Å²) in [5.74, 6) is 0.378. The molecule has 5 rings (SSSR count). The Morgan fingerprint density at radius 3 is 2.50 bits per heavy atom. The summed E-state index contributed by atoms with van der Waals surface area (Å²) >= 11 is 0. The number of carbonyl (C=O) groups excluding carboxylic acids is 2. The molecule has 0 radical (unpaired) electrons. The fourth-order valence-electron chi connectivity index (χ4n) is 5.54. The van der Waals surface area contributed by atoms with Crippen molar-refractivity contribution in [1.82, 2.24) is 9.88 Å². The number of anilines is 1. The van der Waals surface area contributed by atoms with Crippen LogP contribution in [0.15, 0.2) is 54.6 Å². The number of amides is 2. The first-order valence-corrected chi connectivity index (χ1v) is 12.4. The number of nitrogens with zero attached hydrogens (tertiary/aromatic N) is 2. The summed E-state index contributed by atoms with van der Waals surface area (Å²) in [5, 5.41) is 4.34. The monoisotopic (exact) mass is 459 g/mol. The van der Waals surface area contributed by atoms with Crippen molar-refractivity contribution in [3.05, 3.63) is 60.3 Å². The molecule has 1 aliphatic carbocycles. The van der Waals surface area contributed by atoms with Gasteiger partial charge in [-0.05, 0) is 44.0 Å². The van der Waals surface area contributed by atoms with Gasteiger partial charge in [0.15, 0.2) is 0 Å². The van der Waals surface area contributed by atoms with Gasteiger partial charge in [0.25, 0.3) is 5.91 Å². The molecular formula is C28H33N3O3.